The predicted octanol–water partition coefficient (Wildman–Crippen LogP) is 1.85. The largest absolute Gasteiger partial charge is 0.452 e. The fourth-order valence-electron chi connectivity index (χ4n) is 4.07. The maximum atomic E-state index is 12.6. The second kappa shape index (κ2) is 7.52. The fourth-order valence-corrected chi connectivity index (χ4v) is 4.07. The Labute approximate surface area is 156 Å². The number of H-pyrrole nitrogens is 1. The van der Waals surface area contributed by atoms with Gasteiger partial charge in [0.1, 0.15) is 0 Å². The summed E-state index contributed by atoms with van der Waals surface area (Å²) in [6, 6.07) is 8.28. The smallest absolute Gasteiger partial charge is 0.339 e. The summed E-state index contributed by atoms with van der Waals surface area (Å²) < 4.78 is 11.0. The van der Waals surface area contributed by atoms with E-state index in [1.165, 1.54) is 6.07 Å². The van der Waals surface area contributed by atoms with Crippen LogP contribution < -0.4 is 5.56 Å². The summed E-state index contributed by atoms with van der Waals surface area (Å²) in [5.41, 5.74) is 0.339. The van der Waals surface area contributed by atoms with E-state index in [0.29, 0.717) is 24.1 Å². The fraction of sp³-hybridized carbons (Fsp3) is 0.450. The number of rotatable bonds is 3. The number of pyridine rings is 1. The number of aromatic amines is 1. The number of carbonyl (C=O) groups excluding carboxylic acids is 2. The molecule has 0 radical (unpaired) electrons. The molecule has 1 aromatic carbocycles. The van der Waals surface area contributed by atoms with E-state index in [1.807, 2.05) is 0 Å². The van der Waals surface area contributed by atoms with Crippen molar-refractivity contribution in [2.75, 3.05) is 19.8 Å². The van der Waals surface area contributed by atoms with E-state index >= 15 is 0 Å². The van der Waals surface area contributed by atoms with Gasteiger partial charge in [-0.2, -0.15) is 0 Å². The Morgan fingerprint density at radius 2 is 2.04 bits per heavy atom. The zero-order chi connectivity index (χ0) is 18.8. The number of esters is 1. The average molecular weight is 370 g/mol. The van der Waals surface area contributed by atoms with Gasteiger partial charge in [0.2, 0.25) is 5.56 Å². The zero-order valence-corrected chi connectivity index (χ0v) is 15.0. The third kappa shape index (κ3) is 3.60. The molecule has 1 amide bonds. The molecule has 1 aromatic heterocycles. The number of carbonyl (C=O) groups is 2. The van der Waals surface area contributed by atoms with Crippen molar-refractivity contribution in [2.24, 2.45) is 0 Å². The number of amides is 1. The first-order valence-electron chi connectivity index (χ1n) is 9.34. The minimum Gasteiger partial charge on any atom is -0.452 e. The molecule has 27 heavy (non-hydrogen) atoms. The number of hydrogen-bond acceptors (Lipinski definition) is 5. The van der Waals surface area contributed by atoms with E-state index in [0.717, 1.165) is 25.7 Å². The number of hydrogen-bond donors (Lipinski definition) is 1. The molecule has 0 spiro atoms. The van der Waals surface area contributed by atoms with Crippen LogP contribution in [0, 0.1) is 0 Å². The highest BCUT2D eigenvalue weighted by atomic mass is 16.5. The summed E-state index contributed by atoms with van der Waals surface area (Å²) in [5, 5.41) is 0.591. The molecule has 0 bridgehead atoms. The molecule has 2 aliphatic rings. The maximum absolute atomic E-state index is 12.6. The van der Waals surface area contributed by atoms with E-state index in [4.69, 9.17) is 9.47 Å². The molecule has 2 heterocycles. The molecule has 7 heteroatoms. The summed E-state index contributed by atoms with van der Waals surface area (Å²) in [6.07, 6.45) is 4.17. The third-order valence-corrected chi connectivity index (χ3v) is 5.35. The Morgan fingerprint density at radius 3 is 2.93 bits per heavy atom. The Hall–Kier alpha value is -2.67. The van der Waals surface area contributed by atoms with E-state index in [9.17, 15) is 14.4 Å². The van der Waals surface area contributed by atoms with Gasteiger partial charge >= 0.3 is 5.97 Å². The van der Waals surface area contributed by atoms with Gasteiger partial charge < -0.3 is 19.4 Å². The first-order valence-corrected chi connectivity index (χ1v) is 9.34. The Balaban J connectivity index is 1.46. The molecule has 7 nitrogen and oxygen atoms in total. The Bertz CT molecular complexity index is 920. The van der Waals surface area contributed by atoms with Crippen LogP contribution in [-0.4, -0.2) is 53.7 Å². The lowest BCUT2D eigenvalue weighted by Gasteiger charge is -2.43. The van der Waals surface area contributed by atoms with Crippen molar-refractivity contribution in [3.8, 4) is 0 Å². The molecular formula is C20H22N2O5. The molecule has 1 aliphatic carbocycles. The number of ether oxygens (including phenoxy) is 2. The quantitative estimate of drug-likeness (QED) is 0.833. The summed E-state index contributed by atoms with van der Waals surface area (Å²) in [4.78, 5) is 41.4. The Morgan fingerprint density at radius 1 is 1.22 bits per heavy atom. The van der Waals surface area contributed by atoms with Crippen LogP contribution in [-0.2, 0) is 14.3 Å². The van der Waals surface area contributed by atoms with Gasteiger partial charge in [0.25, 0.3) is 5.91 Å². The Kier molecular flexibility index (Phi) is 4.94. The first-order chi connectivity index (χ1) is 13.1. The standard InChI is InChI=1S/C20H22N2O5/c23-18-11-14(13-5-1-2-6-15(13)21-18)20(25)27-12-19(24)22-9-10-26-17-8-4-3-7-16(17)22/h1-2,5-6,11,16-17H,3-4,7-10,12H2,(H,21,23)/t16-,17-/m1/s1. The number of aromatic nitrogens is 1. The van der Waals surface area contributed by atoms with Crippen molar-refractivity contribution >= 4 is 22.8 Å². The molecule has 4 rings (SSSR count). The minimum atomic E-state index is -0.667. The average Bonchev–Trinajstić information content (AvgIpc) is 2.70. The molecule has 2 aromatic rings. The summed E-state index contributed by atoms with van der Waals surface area (Å²) in [7, 11) is 0. The first kappa shape index (κ1) is 17.7. The van der Waals surface area contributed by atoms with Gasteiger partial charge in [0.05, 0.1) is 24.3 Å². The van der Waals surface area contributed by atoms with Crippen LogP contribution in [0.2, 0.25) is 0 Å². The SMILES string of the molecule is O=C(OCC(=O)N1CCO[C@@H]2CCCC[C@H]21)c1cc(=O)[nH]c2ccccc12. The van der Waals surface area contributed by atoms with Gasteiger partial charge in [-0.05, 0) is 18.9 Å². The molecule has 142 valence electrons. The van der Waals surface area contributed by atoms with Crippen LogP contribution in [0.5, 0.6) is 0 Å². The number of benzene rings is 1. The summed E-state index contributed by atoms with van der Waals surface area (Å²) >= 11 is 0. The van der Waals surface area contributed by atoms with Crippen molar-refractivity contribution < 1.29 is 19.1 Å². The summed E-state index contributed by atoms with van der Waals surface area (Å²) in [5.74, 6) is -0.878. The van der Waals surface area contributed by atoms with Crippen molar-refractivity contribution in [3.05, 3.63) is 46.2 Å². The van der Waals surface area contributed by atoms with Crippen molar-refractivity contribution in [3.63, 3.8) is 0 Å². The van der Waals surface area contributed by atoms with Crippen LogP contribution >= 0.6 is 0 Å². The highest BCUT2D eigenvalue weighted by Crippen LogP contribution is 2.28. The highest BCUT2D eigenvalue weighted by Gasteiger charge is 2.36. The maximum Gasteiger partial charge on any atom is 0.339 e. The van der Waals surface area contributed by atoms with Crippen LogP contribution in [0.4, 0.5) is 0 Å². The van der Waals surface area contributed by atoms with Crippen LogP contribution in [0.15, 0.2) is 35.1 Å². The normalized spacial score (nSPS) is 22.3. The minimum absolute atomic E-state index is 0.0686. The molecule has 1 saturated carbocycles. The summed E-state index contributed by atoms with van der Waals surface area (Å²) in [6.45, 7) is 0.703. The van der Waals surface area contributed by atoms with Gasteiger partial charge in [0.15, 0.2) is 6.61 Å². The number of fused-ring (bicyclic) bond motifs is 2. The van der Waals surface area contributed by atoms with Crippen LogP contribution in [0.25, 0.3) is 10.9 Å². The van der Waals surface area contributed by atoms with Crippen LogP contribution in [0.1, 0.15) is 36.0 Å². The second-order valence-electron chi connectivity index (χ2n) is 7.02. The van der Waals surface area contributed by atoms with Gasteiger partial charge in [-0.25, -0.2) is 4.79 Å². The van der Waals surface area contributed by atoms with Crippen molar-refractivity contribution in [1.29, 1.82) is 0 Å². The molecule has 1 aliphatic heterocycles. The monoisotopic (exact) mass is 370 g/mol. The van der Waals surface area contributed by atoms with E-state index in [2.05, 4.69) is 4.98 Å². The van der Waals surface area contributed by atoms with Gasteiger partial charge in [0, 0.05) is 23.5 Å². The topological polar surface area (TPSA) is 88.7 Å². The third-order valence-electron chi connectivity index (χ3n) is 5.35. The predicted molar refractivity (Wildman–Crippen MR) is 98.6 cm³/mol. The lowest BCUT2D eigenvalue weighted by atomic mass is 9.90. The number of nitrogens with one attached hydrogen (secondary N) is 1. The van der Waals surface area contributed by atoms with Crippen molar-refractivity contribution in [1.82, 2.24) is 9.88 Å². The van der Waals surface area contributed by atoms with Gasteiger partial charge in [-0.1, -0.05) is 31.0 Å². The van der Waals surface area contributed by atoms with Crippen LogP contribution in [0.3, 0.4) is 0 Å². The molecule has 2 atom stereocenters. The molecule has 2 fully saturated rings. The number of para-hydroxylation sites is 1. The van der Waals surface area contributed by atoms with E-state index in [-0.39, 0.29) is 35.8 Å². The molecule has 1 saturated heterocycles. The van der Waals surface area contributed by atoms with Crippen molar-refractivity contribution in [2.45, 2.75) is 37.8 Å². The molecule has 1 N–H and O–H groups in total. The molecule has 0 unspecified atom stereocenters. The zero-order valence-electron chi connectivity index (χ0n) is 15.0. The van der Waals surface area contributed by atoms with E-state index < -0.39 is 5.97 Å². The van der Waals surface area contributed by atoms with E-state index in [1.54, 1.807) is 29.2 Å². The number of morpholine rings is 1. The highest BCUT2D eigenvalue weighted by molar-refractivity contribution is 6.03. The second-order valence-corrected chi connectivity index (χ2v) is 7.02. The van der Waals surface area contributed by atoms with Gasteiger partial charge in [-0.3, -0.25) is 9.59 Å². The molecular weight excluding hydrogens is 348 g/mol. The lowest BCUT2D eigenvalue weighted by Crippen LogP contribution is -2.55. The lowest BCUT2D eigenvalue weighted by molar-refractivity contribution is -0.152. The number of nitrogens with zero attached hydrogens (tertiary/aromatic N) is 1. The van der Waals surface area contributed by atoms with Gasteiger partial charge in [-0.15, -0.1) is 0 Å².